The van der Waals surface area contributed by atoms with E-state index in [1.807, 2.05) is 4.90 Å². The third-order valence-electron chi connectivity index (χ3n) is 5.86. The van der Waals surface area contributed by atoms with Gasteiger partial charge in [-0.1, -0.05) is 35.9 Å². The predicted molar refractivity (Wildman–Crippen MR) is 108 cm³/mol. The van der Waals surface area contributed by atoms with E-state index >= 15 is 0 Å². The molecule has 144 valence electrons. The van der Waals surface area contributed by atoms with Crippen molar-refractivity contribution in [2.75, 3.05) is 26.7 Å². The lowest BCUT2D eigenvalue weighted by atomic mass is 9.88. The van der Waals surface area contributed by atoms with Crippen molar-refractivity contribution in [3.63, 3.8) is 0 Å². The SMILES string of the molecule is Cc1ccccc1[C@@H]1[C@@H]2CN(C(=O)c3ccc(Cl)c(F)c3)C[C@@H]2CN1C.Cl. The number of nitrogens with zero attached hydrogens (tertiary/aromatic N) is 2. The Kier molecular flexibility index (Phi) is 5.80. The molecular weight excluding hydrogens is 386 g/mol. The molecule has 4 rings (SSSR count). The van der Waals surface area contributed by atoms with Crippen LogP contribution in [0, 0.1) is 24.6 Å². The molecular formula is C21H23Cl2FN2O. The molecule has 2 fully saturated rings. The summed E-state index contributed by atoms with van der Waals surface area (Å²) in [6, 6.07) is 13.1. The standard InChI is InChI=1S/C21H22ClFN2O.ClH/c1-13-5-3-4-6-16(13)20-17-12-25(11-15(17)10-24(20)2)21(26)14-7-8-18(22)19(23)9-14;/h3-9,15,17,20H,10-12H2,1-2H3;1H/t15-,17+,20+;/m0./s1. The Hall–Kier alpha value is -1.62. The second kappa shape index (κ2) is 7.78. The highest BCUT2D eigenvalue weighted by molar-refractivity contribution is 6.30. The molecule has 6 heteroatoms. The molecule has 2 saturated heterocycles. The minimum absolute atomic E-state index is 0. The second-order valence-corrected chi connectivity index (χ2v) is 7.91. The molecule has 0 aliphatic carbocycles. The van der Waals surface area contributed by atoms with E-state index in [1.165, 1.54) is 23.3 Å². The summed E-state index contributed by atoms with van der Waals surface area (Å²) in [7, 11) is 2.16. The maximum Gasteiger partial charge on any atom is 0.253 e. The zero-order valence-electron chi connectivity index (χ0n) is 15.4. The molecule has 2 heterocycles. The van der Waals surface area contributed by atoms with Gasteiger partial charge in [-0.2, -0.15) is 0 Å². The van der Waals surface area contributed by atoms with Crippen molar-refractivity contribution in [1.29, 1.82) is 0 Å². The van der Waals surface area contributed by atoms with Crippen molar-refractivity contribution in [3.05, 3.63) is 70.0 Å². The van der Waals surface area contributed by atoms with Gasteiger partial charge in [-0.25, -0.2) is 4.39 Å². The Bertz CT molecular complexity index is 860. The number of amides is 1. The normalized spacial score (nSPS) is 24.6. The molecule has 0 radical (unpaired) electrons. The summed E-state index contributed by atoms with van der Waals surface area (Å²) >= 11 is 5.74. The van der Waals surface area contributed by atoms with E-state index in [0.29, 0.717) is 30.0 Å². The predicted octanol–water partition coefficient (Wildman–Crippen LogP) is 4.58. The first-order valence-corrected chi connectivity index (χ1v) is 9.33. The van der Waals surface area contributed by atoms with Crippen molar-refractivity contribution in [2.45, 2.75) is 13.0 Å². The largest absolute Gasteiger partial charge is 0.338 e. The number of rotatable bonds is 2. The summed E-state index contributed by atoms with van der Waals surface area (Å²) in [5.74, 6) is 0.198. The van der Waals surface area contributed by atoms with Gasteiger partial charge in [0.2, 0.25) is 0 Å². The number of aryl methyl sites for hydroxylation is 1. The van der Waals surface area contributed by atoms with E-state index in [4.69, 9.17) is 11.6 Å². The van der Waals surface area contributed by atoms with Crippen molar-refractivity contribution < 1.29 is 9.18 Å². The van der Waals surface area contributed by atoms with Crippen molar-refractivity contribution in [1.82, 2.24) is 9.80 Å². The minimum atomic E-state index is -0.547. The highest BCUT2D eigenvalue weighted by atomic mass is 35.5. The fraction of sp³-hybridized carbons (Fsp3) is 0.381. The highest BCUT2D eigenvalue weighted by Crippen LogP contribution is 2.45. The van der Waals surface area contributed by atoms with Crippen LogP contribution >= 0.6 is 24.0 Å². The molecule has 0 unspecified atom stereocenters. The molecule has 0 N–H and O–H groups in total. The van der Waals surface area contributed by atoms with E-state index < -0.39 is 5.82 Å². The zero-order chi connectivity index (χ0) is 18.4. The molecule has 0 bridgehead atoms. The van der Waals surface area contributed by atoms with Crippen LogP contribution < -0.4 is 0 Å². The third kappa shape index (κ3) is 3.58. The fourth-order valence-corrected chi connectivity index (χ4v) is 4.74. The lowest BCUT2D eigenvalue weighted by Crippen LogP contribution is -2.33. The smallest absolute Gasteiger partial charge is 0.253 e. The van der Waals surface area contributed by atoms with E-state index in [2.05, 4.69) is 43.1 Å². The summed E-state index contributed by atoms with van der Waals surface area (Å²) in [5.41, 5.74) is 3.00. The molecule has 0 aromatic heterocycles. The molecule has 2 aromatic rings. The van der Waals surface area contributed by atoms with Crippen LogP contribution in [0.25, 0.3) is 0 Å². The number of carbonyl (C=O) groups excluding carboxylic acids is 1. The Morgan fingerprint density at radius 2 is 1.89 bits per heavy atom. The molecule has 0 saturated carbocycles. The number of benzene rings is 2. The molecule has 0 spiro atoms. The van der Waals surface area contributed by atoms with Crippen LogP contribution in [-0.2, 0) is 0 Å². The Morgan fingerprint density at radius 3 is 2.59 bits per heavy atom. The summed E-state index contributed by atoms with van der Waals surface area (Å²) in [4.78, 5) is 17.1. The van der Waals surface area contributed by atoms with Gasteiger partial charge in [-0.15, -0.1) is 12.4 Å². The van der Waals surface area contributed by atoms with E-state index in [9.17, 15) is 9.18 Å². The summed E-state index contributed by atoms with van der Waals surface area (Å²) in [5, 5.41) is 0.0427. The number of hydrogen-bond acceptors (Lipinski definition) is 2. The first-order chi connectivity index (χ1) is 12.5. The second-order valence-electron chi connectivity index (χ2n) is 7.50. The molecule has 3 nitrogen and oxygen atoms in total. The Morgan fingerprint density at radius 1 is 1.15 bits per heavy atom. The van der Waals surface area contributed by atoms with Gasteiger partial charge in [-0.05, 0) is 49.2 Å². The van der Waals surface area contributed by atoms with Gasteiger partial charge in [0.05, 0.1) is 5.02 Å². The zero-order valence-corrected chi connectivity index (χ0v) is 16.9. The third-order valence-corrected chi connectivity index (χ3v) is 6.16. The van der Waals surface area contributed by atoms with Crippen molar-refractivity contribution in [3.8, 4) is 0 Å². The van der Waals surface area contributed by atoms with Crippen LogP contribution in [0.15, 0.2) is 42.5 Å². The molecule has 2 aliphatic rings. The van der Waals surface area contributed by atoms with Gasteiger partial charge in [0.15, 0.2) is 0 Å². The van der Waals surface area contributed by atoms with E-state index in [-0.39, 0.29) is 23.3 Å². The minimum Gasteiger partial charge on any atom is -0.338 e. The van der Waals surface area contributed by atoms with Crippen LogP contribution in [0.2, 0.25) is 5.02 Å². The van der Waals surface area contributed by atoms with Crippen molar-refractivity contribution >= 4 is 29.9 Å². The maximum absolute atomic E-state index is 13.7. The number of carbonyl (C=O) groups is 1. The van der Waals surface area contributed by atoms with Crippen LogP contribution in [0.4, 0.5) is 4.39 Å². The summed E-state index contributed by atoms with van der Waals surface area (Å²) < 4.78 is 13.7. The van der Waals surface area contributed by atoms with Crippen LogP contribution in [0.5, 0.6) is 0 Å². The van der Waals surface area contributed by atoms with Crippen molar-refractivity contribution in [2.24, 2.45) is 11.8 Å². The average Bonchev–Trinajstić information content (AvgIpc) is 3.14. The molecule has 2 aromatic carbocycles. The topological polar surface area (TPSA) is 23.6 Å². The van der Waals surface area contributed by atoms with E-state index in [1.54, 1.807) is 6.07 Å². The molecule has 27 heavy (non-hydrogen) atoms. The fourth-order valence-electron chi connectivity index (χ4n) is 4.62. The van der Waals surface area contributed by atoms with Gasteiger partial charge in [0, 0.05) is 37.2 Å². The van der Waals surface area contributed by atoms with Gasteiger partial charge in [-0.3, -0.25) is 9.69 Å². The summed E-state index contributed by atoms with van der Waals surface area (Å²) in [6.45, 7) is 4.55. The molecule has 3 atom stereocenters. The Labute approximate surface area is 170 Å². The van der Waals surface area contributed by atoms with Crippen LogP contribution in [0.1, 0.15) is 27.5 Å². The summed E-state index contributed by atoms with van der Waals surface area (Å²) in [6.07, 6.45) is 0. The van der Waals surface area contributed by atoms with E-state index in [0.717, 1.165) is 13.1 Å². The highest BCUT2D eigenvalue weighted by Gasteiger charge is 2.47. The molecule has 1 amide bonds. The number of fused-ring (bicyclic) bond motifs is 1. The molecule has 2 aliphatic heterocycles. The number of halogens is 3. The van der Waals surface area contributed by atoms with Gasteiger partial charge < -0.3 is 4.90 Å². The lowest BCUT2D eigenvalue weighted by Gasteiger charge is -2.28. The van der Waals surface area contributed by atoms with Crippen LogP contribution in [0.3, 0.4) is 0 Å². The number of hydrogen-bond donors (Lipinski definition) is 0. The van der Waals surface area contributed by atoms with Gasteiger partial charge in [0.25, 0.3) is 5.91 Å². The quantitative estimate of drug-likeness (QED) is 0.725. The lowest BCUT2D eigenvalue weighted by molar-refractivity contribution is 0.0767. The number of likely N-dealkylation sites (tertiary alicyclic amines) is 2. The monoisotopic (exact) mass is 408 g/mol. The van der Waals surface area contributed by atoms with Crippen LogP contribution in [-0.4, -0.2) is 42.4 Å². The Balaban J connectivity index is 0.00000210. The van der Waals surface area contributed by atoms with Gasteiger partial charge >= 0.3 is 0 Å². The van der Waals surface area contributed by atoms with Gasteiger partial charge in [0.1, 0.15) is 5.82 Å². The first-order valence-electron chi connectivity index (χ1n) is 8.96. The first kappa shape index (κ1) is 20.1. The average molecular weight is 409 g/mol. The maximum atomic E-state index is 13.7.